The number of carbonyl (C=O) groups is 2. The van der Waals surface area contributed by atoms with Crippen molar-refractivity contribution < 1.29 is 19.1 Å². The van der Waals surface area contributed by atoms with Crippen LogP contribution in [0.15, 0.2) is 54.6 Å². The summed E-state index contributed by atoms with van der Waals surface area (Å²) in [5, 5.41) is 11.7. The van der Waals surface area contributed by atoms with Gasteiger partial charge in [0, 0.05) is 30.8 Å². The Morgan fingerprint density at radius 3 is 2.58 bits per heavy atom. The minimum absolute atomic E-state index is 0.0611. The monoisotopic (exact) mass is 419 g/mol. The molecule has 1 aliphatic rings. The number of ether oxygens (including phenoxy) is 2. The zero-order chi connectivity index (χ0) is 22.1. The molecule has 0 unspecified atom stereocenters. The fourth-order valence-corrected chi connectivity index (χ4v) is 3.39. The van der Waals surface area contributed by atoms with Crippen molar-refractivity contribution in [2.45, 2.75) is 18.9 Å². The van der Waals surface area contributed by atoms with Gasteiger partial charge >= 0.3 is 0 Å². The van der Waals surface area contributed by atoms with E-state index < -0.39 is 0 Å². The maximum Gasteiger partial charge on any atom is 0.251 e. The molecule has 0 atom stereocenters. The molecule has 1 N–H and O–H groups in total. The van der Waals surface area contributed by atoms with Crippen LogP contribution in [0.4, 0.5) is 0 Å². The Kier molecular flexibility index (Phi) is 7.66. The van der Waals surface area contributed by atoms with Crippen LogP contribution in [0.25, 0.3) is 6.08 Å². The highest BCUT2D eigenvalue weighted by atomic mass is 16.5. The van der Waals surface area contributed by atoms with Crippen molar-refractivity contribution in [2.75, 3.05) is 26.8 Å². The molecule has 0 aliphatic carbocycles. The van der Waals surface area contributed by atoms with Crippen LogP contribution in [-0.4, -0.2) is 49.6 Å². The van der Waals surface area contributed by atoms with Crippen molar-refractivity contribution in [3.05, 3.63) is 65.7 Å². The van der Waals surface area contributed by atoms with Crippen molar-refractivity contribution in [3.8, 4) is 17.6 Å². The Labute approximate surface area is 181 Å². The molecule has 0 bridgehead atoms. The molecule has 7 heteroatoms. The zero-order valence-corrected chi connectivity index (χ0v) is 17.4. The predicted molar refractivity (Wildman–Crippen MR) is 117 cm³/mol. The van der Waals surface area contributed by atoms with Crippen molar-refractivity contribution in [3.63, 3.8) is 0 Å². The number of likely N-dealkylation sites (tertiary alicyclic amines) is 1. The third-order valence-corrected chi connectivity index (χ3v) is 5.08. The lowest BCUT2D eigenvalue weighted by molar-refractivity contribution is -0.126. The summed E-state index contributed by atoms with van der Waals surface area (Å²) < 4.78 is 10.6. The largest absolute Gasteiger partial charge is 0.493 e. The Morgan fingerprint density at radius 1 is 1.16 bits per heavy atom. The van der Waals surface area contributed by atoms with Crippen LogP contribution in [0.3, 0.4) is 0 Å². The summed E-state index contributed by atoms with van der Waals surface area (Å²) in [7, 11) is 1.52. The summed E-state index contributed by atoms with van der Waals surface area (Å²) in [6, 6.07) is 16.4. The van der Waals surface area contributed by atoms with Gasteiger partial charge in [-0.15, -0.1) is 0 Å². The van der Waals surface area contributed by atoms with E-state index in [1.54, 1.807) is 41.3 Å². The van der Waals surface area contributed by atoms with E-state index in [9.17, 15) is 9.59 Å². The number of benzene rings is 2. The predicted octanol–water partition coefficient (Wildman–Crippen LogP) is 3.03. The van der Waals surface area contributed by atoms with Gasteiger partial charge in [0.15, 0.2) is 18.1 Å². The maximum atomic E-state index is 12.5. The molecule has 7 nitrogen and oxygen atoms in total. The second kappa shape index (κ2) is 10.8. The van der Waals surface area contributed by atoms with Crippen LogP contribution >= 0.6 is 0 Å². The van der Waals surface area contributed by atoms with Gasteiger partial charge in [-0.3, -0.25) is 9.59 Å². The molecular weight excluding hydrogens is 394 g/mol. The summed E-state index contributed by atoms with van der Waals surface area (Å²) in [5.41, 5.74) is 1.43. The second-order valence-corrected chi connectivity index (χ2v) is 7.13. The van der Waals surface area contributed by atoms with E-state index in [0.29, 0.717) is 30.2 Å². The van der Waals surface area contributed by atoms with Crippen molar-refractivity contribution in [1.82, 2.24) is 10.2 Å². The third kappa shape index (κ3) is 6.09. The number of methoxy groups -OCH3 is 1. The normalized spacial score (nSPS) is 14.1. The molecule has 1 heterocycles. The summed E-state index contributed by atoms with van der Waals surface area (Å²) >= 11 is 0. The van der Waals surface area contributed by atoms with Crippen LogP contribution in [0.2, 0.25) is 0 Å². The summed E-state index contributed by atoms with van der Waals surface area (Å²) in [6.45, 7) is 1.12. The first kappa shape index (κ1) is 21.9. The average Bonchev–Trinajstić information content (AvgIpc) is 2.82. The van der Waals surface area contributed by atoms with Gasteiger partial charge < -0.3 is 19.7 Å². The maximum absolute atomic E-state index is 12.5. The van der Waals surface area contributed by atoms with Crippen LogP contribution in [0, 0.1) is 11.3 Å². The van der Waals surface area contributed by atoms with Gasteiger partial charge in [-0.2, -0.15) is 5.26 Å². The van der Waals surface area contributed by atoms with Crippen LogP contribution in [-0.2, 0) is 4.79 Å². The lowest BCUT2D eigenvalue weighted by Gasteiger charge is -2.31. The molecule has 0 spiro atoms. The van der Waals surface area contributed by atoms with E-state index in [1.807, 2.05) is 24.3 Å². The molecule has 3 rings (SSSR count). The molecule has 2 amide bonds. The molecule has 1 fully saturated rings. The number of piperidine rings is 1. The van der Waals surface area contributed by atoms with Gasteiger partial charge in [-0.25, -0.2) is 0 Å². The molecule has 1 saturated heterocycles. The number of hydrogen-bond acceptors (Lipinski definition) is 5. The summed E-state index contributed by atoms with van der Waals surface area (Å²) in [5.74, 6) is 0.824. The van der Waals surface area contributed by atoms with E-state index in [2.05, 4.69) is 5.32 Å². The molecule has 0 saturated carbocycles. The smallest absolute Gasteiger partial charge is 0.251 e. The van der Waals surface area contributed by atoms with Crippen LogP contribution in [0.1, 0.15) is 28.8 Å². The highest BCUT2D eigenvalue weighted by molar-refractivity contribution is 5.94. The SMILES string of the molecule is COc1cc(/C=C/C(=O)N2CCC(NC(=O)c3ccccc3)CC2)ccc1OCC#N. The number of amides is 2. The molecule has 31 heavy (non-hydrogen) atoms. The highest BCUT2D eigenvalue weighted by Crippen LogP contribution is 2.28. The number of nitriles is 1. The quantitative estimate of drug-likeness (QED) is 0.697. The van der Waals surface area contributed by atoms with E-state index in [-0.39, 0.29) is 24.5 Å². The fourth-order valence-electron chi connectivity index (χ4n) is 3.39. The lowest BCUT2D eigenvalue weighted by atomic mass is 10.0. The number of carbonyl (C=O) groups excluding carboxylic acids is 2. The van der Waals surface area contributed by atoms with E-state index >= 15 is 0 Å². The van der Waals surface area contributed by atoms with Gasteiger partial charge in [-0.1, -0.05) is 24.3 Å². The lowest BCUT2D eigenvalue weighted by Crippen LogP contribution is -2.46. The van der Waals surface area contributed by atoms with Crippen LogP contribution < -0.4 is 14.8 Å². The molecule has 160 valence electrons. The molecule has 0 radical (unpaired) electrons. The standard InChI is InChI=1S/C24H25N3O4/c1-30-22-17-18(7-9-21(22)31-16-13-25)8-10-23(28)27-14-11-20(12-15-27)26-24(29)19-5-3-2-4-6-19/h2-10,17,20H,11-12,14-16H2,1H3,(H,26,29)/b10-8+. The minimum atomic E-state index is -0.0820. The third-order valence-electron chi connectivity index (χ3n) is 5.08. The van der Waals surface area contributed by atoms with E-state index in [0.717, 1.165) is 18.4 Å². The Balaban J connectivity index is 1.51. The molecule has 2 aromatic rings. The second-order valence-electron chi connectivity index (χ2n) is 7.13. The number of nitrogens with zero attached hydrogens (tertiary/aromatic N) is 2. The van der Waals surface area contributed by atoms with Crippen LogP contribution in [0.5, 0.6) is 11.5 Å². The van der Waals surface area contributed by atoms with Crippen molar-refractivity contribution in [2.24, 2.45) is 0 Å². The average molecular weight is 419 g/mol. The van der Waals surface area contributed by atoms with E-state index in [4.69, 9.17) is 14.7 Å². The molecular formula is C24H25N3O4. The number of nitrogens with one attached hydrogen (secondary N) is 1. The Hall–Kier alpha value is -3.79. The van der Waals surface area contributed by atoms with Gasteiger partial charge in [0.1, 0.15) is 6.07 Å². The van der Waals surface area contributed by atoms with Crippen molar-refractivity contribution >= 4 is 17.9 Å². The first-order valence-electron chi connectivity index (χ1n) is 10.1. The highest BCUT2D eigenvalue weighted by Gasteiger charge is 2.23. The Morgan fingerprint density at radius 2 is 1.90 bits per heavy atom. The molecule has 0 aromatic heterocycles. The minimum Gasteiger partial charge on any atom is -0.493 e. The summed E-state index contributed by atoms with van der Waals surface area (Å²) in [4.78, 5) is 26.6. The number of hydrogen-bond donors (Lipinski definition) is 1. The Bertz CT molecular complexity index is 974. The number of rotatable bonds is 7. The van der Waals surface area contributed by atoms with Crippen molar-refractivity contribution in [1.29, 1.82) is 5.26 Å². The summed E-state index contributed by atoms with van der Waals surface area (Å²) in [6.07, 6.45) is 4.70. The molecule has 1 aliphatic heterocycles. The zero-order valence-electron chi connectivity index (χ0n) is 17.4. The van der Waals surface area contributed by atoms with Gasteiger partial charge in [-0.05, 0) is 48.7 Å². The molecule has 2 aromatic carbocycles. The van der Waals surface area contributed by atoms with Gasteiger partial charge in [0.2, 0.25) is 5.91 Å². The fraction of sp³-hybridized carbons (Fsp3) is 0.292. The first-order valence-corrected chi connectivity index (χ1v) is 10.1. The topological polar surface area (TPSA) is 91.7 Å². The first-order chi connectivity index (χ1) is 15.1. The van der Waals surface area contributed by atoms with Gasteiger partial charge in [0.25, 0.3) is 5.91 Å². The van der Waals surface area contributed by atoms with Gasteiger partial charge in [0.05, 0.1) is 7.11 Å². The van der Waals surface area contributed by atoms with E-state index in [1.165, 1.54) is 13.2 Å².